The van der Waals surface area contributed by atoms with Crippen LogP contribution in [0.1, 0.15) is 71.0 Å². The van der Waals surface area contributed by atoms with E-state index in [2.05, 4.69) is 26.1 Å². The standard InChI is InChI=1S/C22H35Cl2NOSi/c1-4-27(5-2,6-3)26-19(21-17(23)10-9-11-18(21)24)16-25-20-12-15-22(20)13-7-8-14-22/h9-11,19-20,25H,4-8,12-16H2,1-3H3. The Kier molecular flexibility index (Phi) is 7.35. The van der Waals surface area contributed by atoms with Gasteiger partial charge in [-0.25, -0.2) is 0 Å². The molecule has 27 heavy (non-hydrogen) atoms. The van der Waals surface area contributed by atoms with Crippen LogP contribution in [0.5, 0.6) is 0 Å². The maximum Gasteiger partial charge on any atom is 0.192 e. The van der Waals surface area contributed by atoms with E-state index in [1.54, 1.807) is 0 Å². The number of benzene rings is 1. The van der Waals surface area contributed by atoms with Crippen LogP contribution in [0.3, 0.4) is 0 Å². The Bertz CT molecular complexity index is 600. The number of nitrogens with one attached hydrogen (secondary N) is 1. The van der Waals surface area contributed by atoms with Gasteiger partial charge in [-0.05, 0) is 61.4 Å². The van der Waals surface area contributed by atoms with Crippen molar-refractivity contribution in [1.82, 2.24) is 5.32 Å². The van der Waals surface area contributed by atoms with Crippen LogP contribution in [0.15, 0.2) is 18.2 Å². The number of hydrogen-bond acceptors (Lipinski definition) is 2. The smallest absolute Gasteiger partial charge is 0.192 e. The van der Waals surface area contributed by atoms with E-state index < -0.39 is 8.32 Å². The van der Waals surface area contributed by atoms with Gasteiger partial charge in [0.2, 0.25) is 0 Å². The van der Waals surface area contributed by atoms with Crippen molar-refractivity contribution >= 4 is 31.5 Å². The number of halogens is 2. The maximum atomic E-state index is 6.91. The molecular formula is C22H35Cl2NOSi. The molecule has 5 heteroatoms. The fourth-order valence-electron chi connectivity index (χ4n) is 5.27. The Morgan fingerprint density at radius 2 is 1.67 bits per heavy atom. The quantitative estimate of drug-likeness (QED) is 0.415. The van der Waals surface area contributed by atoms with Crippen molar-refractivity contribution in [2.24, 2.45) is 5.41 Å². The lowest BCUT2D eigenvalue weighted by atomic mass is 9.63. The minimum Gasteiger partial charge on any atom is -0.409 e. The van der Waals surface area contributed by atoms with Crippen molar-refractivity contribution in [1.29, 1.82) is 0 Å². The highest BCUT2D eigenvalue weighted by Crippen LogP contribution is 2.53. The summed E-state index contributed by atoms with van der Waals surface area (Å²) >= 11 is 13.2. The summed E-state index contributed by atoms with van der Waals surface area (Å²) in [5.41, 5.74) is 1.53. The van der Waals surface area contributed by atoms with Crippen LogP contribution < -0.4 is 5.32 Å². The van der Waals surface area contributed by atoms with Crippen molar-refractivity contribution in [3.8, 4) is 0 Å². The zero-order chi connectivity index (χ0) is 19.5. The molecule has 152 valence electrons. The van der Waals surface area contributed by atoms with Gasteiger partial charge in [0.25, 0.3) is 0 Å². The molecule has 2 saturated carbocycles. The van der Waals surface area contributed by atoms with Gasteiger partial charge in [0.1, 0.15) is 0 Å². The summed E-state index contributed by atoms with van der Waals surface area (Å²) in [5.74, 6) is 0. The topological polar surface area (TPSA) is 21.3 Å². The molecule has 0 heterocycles. The molecule has 1 N–H and O–H groups in total. The average molecular weight is 429 g/mol. The molecule has 2 unspecified atom stereocenters. The number of hydrogen-bond donors (Lipinski definition) is 1. The second-order valence-corrected chi connectivity index (χ2v) is 14.1. The second-order valence-electron chi connectivity index (χ2n) is 8.55. The number of rotatable bonds is 9. The van der Waals surface area contributed by atoms with Crippen molar-refractivity contribution in [2.45, 2.75) is 89.6 Å². The van der Waals surface area contributed by atoms with Crippen molar-refractivity contribution in [3.63, 3.8) is 0 Å². The summed E-state index contributed by atoms with van der Waals surface area (Å²) in [6, 6.07) is 9.82. The normalized spacial score (nSPS) is 22.8. The summed E-state index contributed by atoms with van der Waals surface area (Å²) in [7, 11) is -1.77. The third-order valence-electron chi connectivity index (χ3n) is 7.47. The molecule has 0 bridgehead atoms. The molecular weight excluding hydrogens is 393 g/mol. The van der Waals surface area contributed by atoms with Crippen LogP contribution in [0, 0.1) is 5.41 Å². The predicted molar refractivity (Wildman–Crippen MR) is 119 cm³/mol. The van der Waals surface area contributed by atoms with E-state index >= 15 is 0 Å². The highest BCUT2D eigenvalue weighted by atomic mass is 35.5. The van der Waals surface area contributed by atoms with Gasteiger partial charge in [-0.1, -0.05) is 62.9 Å². The molecule has 2 aliphatic carbocycles. The van der Waals surface area contributed by atoms with E-state index in [-0.39, 0.29) is 6.10 Å². The van der Waals surface area contributed by atoms with Crippen LogP contribution in [-0.4, -0.2) is 20.9 Å². The Hall–Kier alpha value is -0.0631. The van der Waals surface area contributed by atoms with E-state index in [1.807, 2.05) is 18.2 Å². The SMILES string of the molecule is CC[Si](CC)(CC)OC(CNC1CCC12CCCC2)c1c(Cl)cccc1Cl. The average Bonchev–Trinajstić information content (AvgIpc) is 3.17. The van der Waals surface area contributed by atoms with Gasteiger partial charge >= 0.3 is 0 Å². The van der Waals surface area contributed by atoms with Gasteiger partial charge in [0, 0.05) is 28.2 Å². The molecule has 2 atom stereocenters. The van der Waals surface area contributed by atoms with E-state index in [0.717, 1.165) is 40.3 Å². The Balaban J connectivity index is 1.79. The Labute approximate surface area is 176 Å². The third-order valence-corrected chi connectivity index (χ3v) is 12.8. The van der Waals surface area contributed by atoms with Gasteiger partial charge in [0.15, 0.2) is 8.32 Å². The predicted octanol–water partition coefficient (Wildman–Crippen LogP) is 7.37. The second kappa shape index (κ2) is 9.17. The van der Waals surface area contributed by atoms with Gasteiger partial charge in [-0.3, -0.25) is 0 Å². The first-order chi connectivity index (χ1) is 13.0. The first-order valence-corrected chi connectivity index (χ1v) is 14.1. The van der Waals surface area contributed by atoms with E-state index in [1.165, 1.54) is 38.5 Å². The summed E-state index contributed by atoms with van der Waals surface area (Å²) in [5, 5.41) is 5.33. The van der Waals surface area contributed by atoms with E-state index in [0.29, 0.717) is 11.5 Å². The van der Waals surface area contributed by atoms with Gasteiger partial charge < -0.3 is 9.74 Å². The maximum absolute atomic E-state index is 6.91. The molecule has 1 aromatic carbocycles. The molecule has 0 amide bonds. The van der Waals surface area contributed by atoms with Gasteiger partial charge in [-0.15, -0.1) is 0 Å². The van der Waals surface area contributed by atoms with E-state index in [9.17, 15) is 0 Å². The monoisotopic (exact) mass is 427 g/mol. The van der Waals surface area contributed by atoms with Crippen LogP contribution in [0.4, 0.5) is 0 Å². The fraction of sp³-hybridized carbons (Fsp3) is 0.727. The fourth-order valence-corrected chi connectivity index (χ4v) is 8.71. The Morgan fingerprint density at radius 1 is 1.07 bits per heavy atom. The Morgan fingerprint density at radius 3 is 2.15 bits per heavy atom. The van der Waals surface area contributed by atoms with Crippen molar-refractivity contribution in [3.05, 3.63) is 33.8 Å². The molecule has 2 aliphatic rings. The van der Waals surface area contributed by atoms with Crippen molar-refractivity contribution < 1.29 is 4.43 Å². The first kappa shape index (κ1) is 21.6. The lowest BCUT2D eigenvalue weighted by Crippen LogP contribution is -2.53. The highest BCUT2D eigenvalue weighted by molar-refractivity contribution is 6.73. The largest absolute Gasteiger partial charge is 0.409 e. The van der Waals surface area contributed by atoms with Gasteiger partial charge in [0.05, 0.1) is 6.10 Å². The van der Waals surface area contributed by atoms with Crippen molar-refractivity contribution in [2.75, 3.05) is 6.54 Å². The molecule has 0 saturated heterocycles. The van der Waals surface area contributed by atoms with E-state index in [4.69, 9.17) is 27.6 Å². The van der Waals surface area contributed by atoms with Crippen LogP contribution >= 0.6 is 23.2 Å². The minimum absolute atomic E-state index is 0.0585. The summed E-state index contributed by atoms with van der Waals surface area (Å²) < 4.78 is 6.91. The zero-order valence-corrected chi connectivity index (χ0v) is 19.6. The lowest BCUT2D eigenvalue weighted by molar-refractivity contribution is 0.0606. The summed E-state index contributed by atoms with van der Waals surface area (Å²) in [6.07, 6.45) is 8.19. The minimum atomic E-state index is -1.77. The summed E-state index contributed by atoms with van der Waals surface area (Å²) in [6.45, 7) is 7.64. The molecule has 1 aromatic rings. The van der Waals surface area contributed by atoms with Crippen LogP contribution in [0.2, 0.25) is 28.2 Å². The van der Waals surface area contributed by atoms with Crippen LogP contribution in [0.25, 0.3) is 0 Å². The molecule has 0 aromatic heterocycles. The highest BCUT2D eigenvalue weighted by Gasteiger charge is 2.48. The first-order valence-electron chi connectivity index (χ1n) is 10.8. The molecule has 3 rings (SSSR count). The molecule has 0 radical (unpaired) electrons. The molecule has 2 nitrogen and oxygen atoms in total. The molecule has 0 aliphatic heterocycles. The lowest BCUT2D eigenvalue weighted by Gasteiger charge is -2.48. The third kappa shape index (κ3) is 4.43. The summed E-state index contributed by atoms with van der Waals surface area (Å²) in [4.78, 5) is 0. The van der Waals surface area contributed by atoms with Gasteiger partial charge in [-0.2, -0.15) is 0 Å². The zero-order valence-electron chi connectivity index (χ0n) is 17.1. The molecule has 1 spiro atoms. The molecule has 2 fully saturated rings. The van der Waals surface area contributed by atoms with Crippen LogP contribution in [-0.2, 0) is 4.43 Å².